The SMILES string of the molecule is CCCc1cncnc1N1CC(C(=O)O)C(C(C)C)C1. The van der Waals surface area contributed by atoms with E-state index in [0.29, 0.717) is 12.5 Å². The zero-order chi connectivity index (χ0) is 14.7. The molecule has 0 amide bonds. The van der Waals surface area contributed by atoms with Crippen molar-refractivity contribution in [2.45, 2.75) is 33.6 Å². The van der Waals surface area contributed by atoms with Gasteiger partial charge in [0.15, 0.2) is 0 Å². The quantitative estimate of drug-likeness (QED) is 0.894. The van der Waals surface area contributed by atoms with Crippen LogP contribution >= 0.6 is 0 Å². The smallest absolute Gasteiger partial charge is 0.308 e. The molecule has 2 atom stereocenters. The van der Waals surface area contributed by atoms with Crippen LogP contribution in [0.5, 0.6) is 0 Å². The average molecular weight is 277 g/mol. The van der Waals surface area contributed by atoms with Crippen molar-refractivity contribution < 1.29 is 9.90 Å². The monoisotopic (exact) mass is 277 g/mol. The minimum atomic E-state index is -0.697. The first-order chi connectivity index (χ1) is 9.54. The van der Waals surface area contributed by atoms with Crippen LogP contribution in [0.25, 0.3) is 0 Å². The van der Waals surface area contributed by atoms with Crippen LogP contribution in [0.1, 0.15) is 32.8 Å². The summed E-state index contributed by atoms with van der Waals surface area (Å²) < 4.78 is 0. The Bertz CT molecular complexity index is 476. The molecule has 2 unspecified atom stereocenters. The van der Waals surface area contributed by atoms with Gasteiger partial charge in [0.25, 0.3) is 0 Å². The standard InChI is InChI=1S/C15H23N3O2/c1-4-5-11-6-16-9-17-14(11)18-7-12(10(2)3)13(8-18)15(19)20/h6,9-10,12-13H,4-5,7-8H2,1-3H3,(H,19,20). The summed E-state index contributed by atoms with van der Waals surface area (Å²) in [6.07, 6.45) is 5.36. The molecule has 2 heterocycles. The predicted octanol–water partition coefficient (Wildman–Crippen LogP) is 2.22. The van der Waals surface area contributed by atoms with E-state index in [1.54, 1.807) is 6.33 Å². The molecule has 5 nitrogen and oxygen atoms in total. The third-order valence-corrected chi connectivity index (χ3v) is 4.12. The number of aromatic nitrogens is 2. The van der Waals surface area contributed by atoms with E-state index in [4.69, 9.17) is 0 Å². The molecule has 1 N–H and O–H groups in total. The van der Waals surface area contributed by atoms with Gasteiger partial charge in [-0.25, -0.2) is 9.97 Å². The lowest BCUT2D eigenvalue weighted by molar-refractivity contribution is -0.142. The molecule has 5 heteroatoms. The van der Waals surface area contributed by atoms with Crippen LogP contribution in [0.3, 0.4) is 0 Å². The molecule has 1 fully saturated rings. The molecule has 110 valence electrons. The van der Waals surface area contributed by atoms with Gasteiger partial charge in [0.1, 0.15) is 12.1 Å². The number of aliphatic carboxylic acids is 1. The second kappa shape index (κ2) is 6.20. The van der Waals surface area contributed by atoms with Gasteiger partial charge in [-0.1, -0.05) is 27.2 Å². The summed E-state index contributed by atoms with van der Waals surface area (Å²) >= 11 is 0. The Balaban J connectivity index is 2.24. The van der Waals surface area contributed by atoms with E-state index in [1.165, 1.54) is 0 Å². The highest BCUT2D eigenvalue weighted by atomic mass is 16.4. The summed E-state index contributed by atoms with van der Waals surface area (Å²) in [5.41, 5.74) is 1.11. The van der Waals surface area contributed by atoms with Crippen molar-refractivity contribution in [2.24, 2.45) is 17.8 Å². The van der Waals surface area contributed by atoms with Crippen molar-refractivity contribution in [3.63, 3.8) is 0 Å². The van der Waals surface area contributed by atoms with E-state index < -0.39 is 5.97 Å². The van der Waals surface area contributed by atoms with Crippen LogP contribution in [-0.4, -0.2) is 34.1 Å². The maximum absolute atomic E-state index is 11.4. The highest BCUT2D eigenvalue weighted by Gasteiger charge is 2.40. The number of hydrogen-bond donors (Lipinski definition) is 1. The lowest BCUT2D eigenvalue weighted by Gasteiger charge is -2.21. The third-order valence-electron chi connectivity index (χ3n) is 4.12. The van der Waals surface area contributed by atoms with Gasteiger partial charge in [-0.2, -0.15) is 0 Å². The average Bonchev–Trinajstić information content (AvgIpc) is 2.85. The zero-order valence-corrected chi connectivity index (χ0v) is 12.4. The van der Waals surface area contributed by atoms with Crippen LogP contribution < -0.4 is 4.90 Å². The molecule has 0 radical (unpaired) electrons. The first kappa shape index (κ1) is 14.8. The molecule has 0 bridgehead atoms. The number of anilines is 1. The number of nitrogens with zero attached hydrogens (tertiary/aromatic N) is 3. The Hall–Kier alpha value is -1.65. The molecule has 1 aliphatic heterocycles. The molecular weight excluding hydrogens is 254 g/mol. The highest BCUT2D eigenvalue weighted by molar-refractivity contribution is 5.72. The van der Waals surface area contributed by atoms with Crippen LogP contribution in [0.2, 0.25) is 0 Å². The third kappa shape index (κ3) is 2.92. The van der Waals surface area contributed by atoms with Crippen molar-refractivity contribution in [2.75, 3.05) is 18.0 Å². The van der Waals surface area contributed by atoms with E-state index in [2.05, 4.69) is 35.6 Å². The molecule has 0 saturated carbocycles. The van der Waals surface area contributed by atoms with Gasteiger partial charge in [0, 0.05) is 24.8 Å². The summed E-state index contributed by atoms with van der Waals surface area (Å²) in [4.78, 5) is 22.0. The van der Waals surface area contributed by atoms with Crippen LogP contribution in [0.15, 0.2) is 12.5 Å². The maximum Gasteiger partial charge on any atom is 0.308 e. The minimum Gasteiger partial charge on any atom is -0.481 e. The minimum absolute atomic E-state index is 0.178. The molecule has 1 saturated heterocycles. The molecule has 1 aromatic heterocycles. The Morgan fingerprint density at radius 1 is 1.50 bits per heavy atom. The van der Waals surface area contributed by atoms with Gasteiger partial charge in [-0.05, 0) is 18.3 Å². The number of carboxylic acid groups (broad SMARTS) is 1. The lowest BCUT2D eigenvalue weighted by Crippen LogP contribution is -2.25. The fourth-order valence-corrected chi connectivity index (χ4v) is 3.02. The van der Waals surface area contributed by atoms with Gasteiger partial charge in [0.2, 0.25) is 0 Å². The van der Waals surface area contributed by atoms with Crippen molar-refractivity contribution in [3.05, 3.63) is 18.1 Å². The second-order valence-corrected chi connectivity index (χ2v) is 5.88. The fraction of sp³-hybridized carbons (Fsp3) is 0.667. The van der Waals surface area contributed by atoms with Crippen LogP contribution in [-0.2, 0) is 11.2 Å². The van der Waals surface area contributed by atoms with Crippen molar-refractivity contribution >= 4 is 11.8 Å². The van der Waals surface area contributed by atoms with E-state index in [-0.39, 0.29) is 11.8 Å². The van der Waals surface area contributed by atoms with E-state index in [1.807, 2.05) is 6.20 Å². The maximum atomic E-state index is 11.4. The van der Waals surface area contributed by atoms with E-state index in [0.717, 1.165) is 30.8 Å². The van der Waals surface area contributed by atoms with Crippen molar-refractivity contribution in [1.29, 1.82) is 0 Å². The van der Waals surface area contributed by atoms with Gasteiger partial charge < -0.3 is 10.0 Å². The van der Waals surface area contributed by atoms with Gasteiger partial charge in [0.05, 0.1) is 5.92 Å². The summed E-state index contributed by atoms with van der Waals surface area (Å²) in [6, 6.07) is 0. The van der Waals surface area contributed by atoms with Crippen molar-refractivity contribution in [1.82, 2.24) is 9.97 Å². The topological polar surface area (TPSA) is 66.3 Å². The fourth-order valence-electron chi connectivity index (χ4n) is 3.02. The predicted molar refractivity (Wildman–Crippen MR) is 77.7 cm³/mol. The largest absolute Gasteiger partial charge is 0.481 e. The molecule has 0 spiro atoms. The zero-order valence-electron chi connectivity index (χ0n) is 12.4. The van der Waals surface area contributed by atoms with Crippen LogP contribution in [0, 0.1) is 17.8 Å². The summed E-state index contributed by atoms with van der Waals surface area (Å²) in [5.74, 6) is 0.447. The summed E-state index contributed by atoms with van der Waals surface area (Å²) in [7, 11) is 0. The van der Waals surface area contributed by atoms with Crippen molar-refractivity contribution in [3.8, 4) is 0 Å². The van der Waals surface area contributed by atoms with E-state index in [9.17, 15) is 9.90 Å². The molecule has 1 aromatic rings. The highest BCUT2D eigenvalue weighted by Crippen LogP contribution is 2.33. The van der Waals surface area contributed by atoms with Gasteiger partial charge in [-0.15, -0.1) is 0 Å². The Labute approximate surface area is 120 Å². The molecule has 2 rings (SSSR count). The first-order valence-corrected chi connectivity index (χ1v) is 7.31. The number of hydrogen-bond acceptors (Lipinski definition) is 4. The number of rotatable bonds is 5. The molecular formula is C15H23N3O2. The summed E-state index contributed by atoms with van der Waals surface area (Å²) in [5, 5.41) is 9.41. The number of aryl methyl sites for hydroxylation is 1. The molecule has 1 aliphatic rings. The Morgan fingerprint density at radius 3 is 2.80 bits per heavy atom. The van der Waals surface area contributed by atoms with Gasteiger partial charge in [-0.3, -0.25) is 4.79 Å². The Kier molecular flexibility index (Phi) is 4.57. The Morgan fingerprint density at radius 2 is 2.25 bits per heavy atom. The van der Waals surface area contributed by atoms with Gasteiger partial charge >= 0.3 is 5.97 Å². The van der Waals surface area contributed by atoms with Crippen LogP contribution in [0.4, 0.5) is 5.82 Å². The lowest BCUT2D eigenvalue weighted by atomic mass is 9.86. The first-order valence-electron chi connectivity index (χ1n) is 7.31. The normalized spacial score (nSPS) is 22.5. The number of carboxylic acids is 1. The molecule has 20 heavy (non-hydrogen) atoms. The number of carbonyl (C=O) groups is 1. The molecule has 0 aliphatic carbocycles. The summed E-state index contributed by atoms with van der Waals surface area (Å²) in [6.45, 7) is 7.63. The second-order valence-electron chi connectivity index (χ2n) is 5.88. The van der Waals surface area contributed by atoms with E-state index >= 15 is 0 Å². The molecule has 0 aromatic carbocycles.